The minimum atomic E-state index is -0.729. The molecule has 7 rings (SSSR count). The first-order chi connectivity index (χ1) is 28.8. The van der Waals surface area contributed by atoms with Crippen LogP contribution in [0.5, 0.6) is 0 Å². The Morgan fingerprint density at radius 1 is 0.883 bits per heavy atom. The van der Waals surface area contributed by atoms with Crippen LogP contribution in [0.25, 0.3) is 0 Å². The summed E-state index contributed by atoms with van der Waals surface area (Å²) in [5, 5.41) is 2.68. The van der Waals surface area contributed by atoms with Gasteiger partial charge in [-0.25, -0.2) is 9.78 Å². The first kappa shape index (κ1) is 42.4. The number of aliphatic imine (C=N–C) groups is 1. The number of aromatic amines is 1. The maximum absolute atomic E-state index is 14.3. The van der Waals surface area contributed by atoms with E-state index in [0.29, 0.717) is 48.6 Å². The topological polar surface area (TPSA) is 163 Å². The highest BCUT2D eigenvalue weighted by molar-refractivity contribution is 6.08. The molecule has 1 spiro atoms. The van der Waals surface area contributed by atoms with Gasteiger partial charge in [0, 0.05) is 59.1 Å². The zero-order valence-corrected chi connectivity index (χ0v) is 35.6. The molecular weight excluding hydrogens is 761 g/mol. The number of carbonyl (C=O) groups is 5. The van der Waals surface area contributed by atoms with Crippen LogP contribution < -0.4 is 5.32 Å². The van der Waals surface area contributed by atoms with Crippen molar-refractivity contribution in [2.45, 2.75) is 116 Å². The van der Waals surface area contributed by atoms with Crippen LogP contribution in [0.3, 0.4) is 0 Å². The predicted molar refractivity (Wildman–Crippen MR) is 225 cm³/mol. The zero-order valence-electron chi connectivity index (χ0n) is 35.6. The van der Waals surface area contributed by atoms with Crippen LogP contribution in [0.1, 0.15) is 137 Å². The second-order valence-electron chi connectivity index (χ2n) is 17.5. The molecule has 2 aromatic rings. The number of nitrogens with one attached hydrogen (secondary N) is 2. The van der Waals surface area contributed by atoms with Crippen molar-refractivity contribution in [3.05, 3.63) is 63.9 Å². The molecule has 3 fully saturated rings. The van der Waals surface area contributed by atoms with Crippen molar-refractivity contribution in [1.29, 1.82) is 0 Å². The molecule has 1 aromatic carbocycles. The van der Waals surface area contributed by atoms with Crippen molar-refractivity contribution < 1.29 is 33.4 Å². The Labute approximate surface area is 352 Å². The third-order valence-corrected chi connectivity index (χ3v) is 13.0. The fourth-order valence-electron chi connectivity index (χ4n) is 9.68. The van der Waals surface area contributed by atoms with E-state index in [0.717, 1.165) is 73.8 Å². The number of allylic oxidation sites excluding steroid dienone is 1. The molecule has 60 heavy (non-hydrogen) atoms. The number of H-pyrrole nitrogens is 1. The first-order valence-corrected chi connectivity index (χ1v) is 21.4. The smallest absolute Gasteiger partial charge is 0.407 e. The summed E-state index contributed by atoms with van der Waals surface area (Å²) in [5.74, 6) is 12.8. The second kappa shape index (κ2) is 17.9. The van der Waals surface area contributed by atoms with Crippen molar-refractivity contribution in [1.82, 2.24) is 25.1 Å². The number of nitrogens with zero attached hydrogens (tertiary/aromatic N) is 4. The van der Waals surface area contributed by atoms with Gasteiger partial charge in [0.2, 0.25) is 11.8 Å². The van der Waals surface area contributed by atoms with Gasteiger partial charge in [0.05, 0.1) is 44.8 Å². The monoisotopic (exact) mass is 816 g/mol. The number of methoxy groups -OCH3 is 2. The average Bonchev–Trinajstić information content (AvgIpc) is 4.10. The molecule has 1 saturated carbocycles. The number of likely N-dealkylation sites (tertiary alicyclic amines) is 2. The van der Waals surface area contributed by atoms with Gasteiger partial charge in [-0.1, -0.05) is 58.3 Å². The summed E-state index contributed by atoms with van der Waals surface area (Å²) in [6, 6.07) is 2.71. The summed E-state index contributed by atoms with van der Waals surface area (Å²) in [5.41, 5.74) is 5.00. The van der Waals surface area contributed by atoms with E-state index in [9.17, 15) is 24.0 Å². The van der Waals surface area contributed by atoms with Crippen molar-refractivity contribution in [3.8, 4) is 23.7 Å². The van der Waals surface area contributed by atoms with Gasteiger partial charge in [-0.15, -0.1) is 0 Å². The number of rotatable bonds is 9. The zero-order chi connectivity index (χ0) is 42.7. The maximum Gasteiger partial charge on any atom is 0.407 e. The third kappa shape index (κ3) is 8.50. The van der Waals surface area contributed by atoms with Gasteiger partial charge in [-0.3, -0.25) is 24.2 Å². The number of hydrogen-bond donors (Lipinski definition) is 2. The van der Waals surface area contributed by atoms with E-state index < -0.39 is 23.5 Å². The fourth-order valence-corrected chi connectivity index (χ4v) is 9.68. The molecule has 0 radical (unpaired) electrons. The Bertz CT molecular complexity index is 2240. The van der Waals surface area contributed by atoms with E-state index in [4.69, 9.17) is 14.5 Å². The van der Waals surface area contributed by atoms with Crippen molar-refractivity contribution >= 4 is 35.4 Å². The number of esters is 1. The number of imidazole rings is 1. The van der Waals surface area contributed by atoms with Crippen LogP contribution in [0.2, 0.25) is 0 Å². The van der Waals surface area contributed by atoms with Crippen LogP contribution in [0.4, 0.5) is 4.79 Å². The summed E-state index contributed by atoms with van der Waals surface area (Å²) >= 11 is 0. The molecule has 4 atom stereocenters. The minimum Gasteiger partial charge on any atom is -0.469 e. The van der Waals surface area contributed by atoms with E-state index in [2.05, 4.69) is 39.0 Å². The number of carbonyl (C=O) groups excluding carboxylic acids is 5. The SMILES string of the molecule is COC(=O)C[C@H](C(=O)N1CCC[C@H]1C1=NC=C(C#Cc2ccc(C#Cc3cnc([C@@H]4CCCN4C(=O)[C@@H](NC(=O)OC)C(C)C)[nH]3)c3c2CC2(CCCC2)C3=O)C1)C(C)C. The average molecular weight is 817 g/mol. The Hall–Kier alpha value is -5.69. The van der Waals surface area contributed by atoms with Crippen LogP contribution in [0.15, 0.2) is 35.1 Å². The number of benzene rings is 1. The van der Waals surface area contributed by atoms with Gasteiger partial charge in [0.15, 0.2) is 5.78 Å². The number of aromatic nitrogens is 2. The second-order valence-corrected chi connectivity index (χ2v) is 17.5. The number of Topliss-reactive ketones (excluding diaryl/α,β-unsaturated/α-hetero) is 1. The van der Waals surface area contributed by atoms with Crippen LogP contribution in [-0.2, 0) is 30.3 Å². The number of ketones is 1. The number of amides is 3. The number of hydrogen-bond acceptors (Lipinski definition) is 9. The molecule has 3 amide bonds. The van der Waals surface area contributed by atoms with E-state index in [-0.39, 0.29) is 53.9 Å². The molecule has 13 nitrogen and oxygen atoms in total. The first-order valence-electron chi connectivity index (χ1n) is 21.4. The molecular formula is C47H56N6O7. The van der Waals surface area contributed by atoms with E-state index in [1.807, 2.05) is 44.7 Å². The van der Waals surface area contributed by atoms with Crippen LogP contribution in [0, 0.1) is 46.9 Å². The van der Waals surface area contributed by atoms with Crippen LogP contribution >= 0.6 is 0 Å². The Kier molecular flexibility index (Phi) is 12.6. The van der Waals surface area contributed by atoms with Crippen molar-refractivity contribution in [3.63, 3.8) is 0 Å². The Balaban J connectivity index is 1.08. The highest BCUT2D eigenvalue weighted by Gasteiger charge is 2.49. The molecule has 0 bridgehead atoms. The van der Waals surface area contributed by atoms with Gasteiger partial charge < -0.3 is 29.6 Å². The lowest BCUT2D eigenvalue weighted by atomic mass is 9.82. The summed E-state index contributed by atoms with van der Waals surface area (Å²) < 4.78 is 9.65. The molecule has 3 aliphatic heterocycles. The highest BCUT2D eigenvalue weighted by Crippen LogP contribution is 2.50. The fraction of sp³-hybridized carbons (Fsp3) is 0.553. The standard InChI is InChI=1S/C47H56N6O7/c1-28(2)34(24-39(54)59-5)44(56)52-21-9-11-37(52)36-23-30(26-48-36)13-14-31-15-16-32(40-35(31)25-47(42(40)55)19-7-8-20-47)17-18-33-27-49-43(50-33)38-12-10-22-53(38)45(57)41(29(3)4)51-46(58)60-6/h15-16,26-29,34,37-38,41H,7-12,19-25H2,1-6H3,(H,49,50)(H,51,58)/t34-,37-,38-,41-/m0/s1. The highest BCUT2D eigenvalue weighted by atomic mass is 16.5. The quantitative estimate of drug-likeness (QED) is 0.228. The molecule has 13 heteroatoms. The van der Waals surface area contributed by atoms with E-state index in [1.165, 1.54) is 14.2 Å². The van der Waals surface area contributed by atoms with Gasteiger partial charge in [0.1, 0.15) is 17.6 Å². The van der Waals surface area contributed by atoms with Gasteiger partial charge >= 0.3 is 12.1 Å². The third-order valence-electron chi connectivity index (χ3n) is 13.0. The Morgan fingerprint density at radius 2 is 1.57 bits per heavy atom. The molecule has 5 aliphatic rings. The summed E-state index contributed by atoms with van der Waals surface area (Å²) in [7, 11) is 2.62. The van der Waals surface area contributed by atoms with E-state index >= 15 is 0 Å². The van der Waals surface area contributed by atoms with E-state index in [1.54, 1.807) is 17.3 Å². The lowest BCUT2D eigenvalue weighted by molar-refractivity contribution is -0.148. The number of fused-ring (bicyclic) bond motifs is 1. The molecule has 4 heterocycles. The lowest BCUT2D eigenvalue weighted by Crippen LogP contribution is -2.51. The molecule has 316 valence electrons. The number of alkyl carbamates (subject to hydrolysis) is 1. The molecule has 1 aromatic heterocycles. The van der Waals surface area contributed by atoms with Crippen molar-refractivity contribution in [2.75, 3.05) is 27.3 Å². The summed E-state index contributed by atoms with van der Waals surface area (Å²) in [6.45, 7) is 8.86. The lowest BCUT2D eigenvalue weighted by Gasteiger charge is -2.30. The summed E-state index contributed by atoms with van der Waals surface area (Å²) in [4.78, 5) is 82.1. The molecule has 2 saturated heterocycles. The maximum atomic E-state index is 14.3. The van der Waals surface area contributed by atoms with Crippen LogP contribution in [-0.4, -0.2) is 94.5 Å². The molecule has 2 aliphatic carbocycles. The Morgan fingerprint density at radius 3 is 2.25 bits per heavy atom. The largest absolute Gasteiger partial charge is 0.469 e. The van der Waals surface area contributed by atoms with Gasteiger partial charge in [-0.2, -0.15) is 0 Å². The molecule has 2 N–H and O–H groups in total. The predicted octanol–water partition coefficient (Wildman–Crippen LogP) is 6.06. The summed E-state index contributed by atoms with van der Waals surface area (Å²) in [6.07, 6.45) is 11.0. The number of ether oxygens (including phenoxy) is 2. The van der Waals surface area contributed by atoms with Gasteiger partial charge in [-0.05, 0) is 80.4 Å². The minimum absolute atomic E-state index is 0.00918. The van der Waals surface area contributed by atoms with Gasteiger partial charge in [0.25, 0.3) is 0 Å². The molecule has 0 unspecified atom stereocenters. The van der Waals surface area contributed by atoms with Crippen molar-refractivity contribution in [2.24, 2.45) is 28.2 Å². The normalized spacial score (nSPS) is 21.2.